The van der Waals surface area contributed by atoms with Crippen LogP contribution in [0.5, 0.6) is 0 Å². The lowest BCUT2D eigenvalue weighted by Gasteiger charge is -2.54. The zero-order valence-electron chi connectivity index (χ0n) is 38.5. The molecule has 0 amide bonds. The first-order valence-corrected chi connectivity index (χ1v) is 25.1. The van der Waals surface area contributed by atoms with E-state index in [1.54, 1.807) is 16.7 Å². The minimum atomic E-state index is 0.117. The van der Waals surface area contributed by atoms with E-state index in [9.17, 15) is 0 Å². The summed E-state index contributed by atoms with van der Waals surface area (Å²) in [4.78, 5) is 2.44. The molecule has 66 heavy (non-hydrogen) atoms. The second kappa shape index (κ2) is 15.6. The maximum absolute atomic E-state index is 2.57. The molecule has 2 bridgehead atoms. The summed E-state index contributed by atoms with van der Waals surface area (Å²) < 4.78 is 0. The van der Waals surface area contributed by atoms with Crippen LogP contribution in [0.15, 0.2) is 188 Å². The molecule has 0 aliphatic heterocycles. The quantitative estimate of drug-likeness (QED) is 0.161. The molecular weight excluding hydrogens is 795 g/mol. The van der Waals surface area contributed by atoms with Crippen LogP contribution in [0.4, 0.5) is 17.1 Å². The molecule has 8 aromatic carbocycles. The lowest BCUT2D eigenvalue weighted by Crippen LogP contribution is -2.49. The first kappa shape index (κ1) is 39.9. The van der Waals surface area contributed by atoms with E-state index in [-0.39, 0.29) is 10.8 Å². The molecule has 13 rings (SSSR count). The van der Waals surface area contributed by atoms with Crippen molar-refractivity contribution in [3.8, 4) is 55.6 Å². The Morgan fingerprint density at radius 1 is 0.379 bits per heavy atom. The average Bonchev–Trinajstić information content (AvgIpc) is 3.81. The van der Waals surface area contributed by atoms with Crippen molar-refractivity contribution in [3.63, 3.8) is 0 Å². The largest absolute Gasteiger partial charge is 0.310 e. The Morgan fingerprint density at radius 2 is 0.894 bits per heavy atom. The Kier molecular flexibility index (Phi) is 9.42. The van der Waals surface area contributed by atoms with Crippen molar-refractivity contribution < 1.29 is 0 Å². The molecule has 0 aromatic heterocycles. The Bertz CT molecular complexity index is 3110. The zero-order valence-corrected chi connectivity index (χ0v) is 38.5. The van der Waals surface area contributed by atoms with E-state index in [1.165, 1.54) is 119 Å². The predicted octanol–water partition coefficient (Wildman–Crippen LogP) is 17.7. The minimum Gasteiger partial charge on any atom is -0.310 e. The van der Waals surface area contributed by atoms with Crippen molar-refractivity contribution in [2.24, 2.45) is 23.7 Å². The third kappa shape index (κ3) is 6.11. The van der Waals surface area contributed by atoms with Crippen LogP contribution in [0, 0.1) is 23.7 Å². The normalized spacial score (nSPS) is 22.9. The number of benzene rings is 8. The number of hydrogen-bond donors (Lipinski definition) is 0. The third-order valence-corrected chi connectivity index (χ3v) is 17.4. The van der Waals surface area contributed by atoms with Crippen LogP contribution in [0.3, 0.4) is 0 Å². The fourth-order valence-corrected chi connectivity index (χ4v) is 14.7. The fraction of sp³-hybridized carbons (Fsp3) is 0.262. The number of nitrogens with zero attached hydrogens (tertiary/aromatic N) is 1. The molecule has 324 valence electrons. The second-order valence-electron chi connectivity index (χ2n) is 21.0. The minimum absolute atomic E-state index is 0.117. The van der Waals surface area contributed by atoms with Crippen molar-refractivity contribution in [1.82, 2.24) is 0 Å². The summed E-state index contributed by atoms with van der Waals surface area (Å²) in [5, 5.41) is 0. The summed E-state index contributed by atoms with van der Waals surface area (Å²) in [5.41, 5.74) is 23.3. The van der Waals surface area contributed by atoms with Crippen LogP contribution in [0.2, 0.25) is 0 Å². The Balaban J connectivity index is 0.879. The predicted molar refractivity (Wildman–Crippen MR) is 277 cm³/mol. The number of rotatable bonds is 6. The fourth-order valence-electron chi connectivity index (χ4n) is 14.7. The molecule has 5 atom stereocenters. The van der Waals surface area contributed by atoms with Gasteiger partial charge in [-0.25, -0.2) is 0 Å². The van der Waals surface area contributed by atoms with Gasteiger partial charge in [0.2, 0.25) is 0 Å². The molecule has 5 aliphatic rings. The molecule has 8 aromatic rings. The van der Waals surface area contributed by atoms with Gasteiger partial charge in [-0.15, -0.1) is 0 Å². The highest BCUT2D eigenvalue weighted by Crippen LogP contribution is 2.65. The van der Waals surface area contributed by atoms with Gasteiger partial charge in [-0.3, -0.25) is 0 Å². The van der Waals surface area contributed by atoms with Gasteiger partial charge < -0.3 is 4.90 Å². The molecule has 0 radical (unpaired) electrons. The van der Waals surface area contributed by atoms with Crippen molar-refractivity contribution in [1.29, 1.82) is 0 Å². The Hall–Kier alpha value is -6.44. The summed E-state index contributed by atoms with van der Waals surface area (Å²) in [7, 11) is 0. The maximum Gasteiger partial charge on any atom is 0.0467 e. The lowest BCUT2D eigenvalue weighted by atomic mass is 9.49. The van der Waals surface area contributed by atoms with Crippen LogP contribution in [-0.2, 0) is 10.8 Å². The number of fused-ring (bicyclic) bond motifs is 13. The first-order chi connectivity index (χ1) is 32.5. The molecule has 3 saturated carbocycles. The Morgan fingerprint density at radius 3 is 1.62 bits per heavy atom. The SMILES string of the molecule is C[C@@H]1C[C@H]2C[C@@H](C1)[C@@]1(c3ccccc3-c3cc(-c4ccc(N(c5ccc(-c6ccccc6)cc5)c5cccc(-c6ccc7c(c6)-c6ccccc6C76CCCCC6)c5)cc4)ccc31)[C@@H](C)C2. The van der Waals surface area contributed by atoms with Gasteiger partial charge in [-0.05, 0) is 189 Å². The number of hydrogen-bond acceptors (Lipinski definition) is 1. The highest BCUT2D eigenvalue weighted by Gasteiger charge is 2.56. The van der Waals surface area contributed by atoms with E-state index in [2.05, 4.69) is 207 Å². The molecule has 0 unspecified atom stereocenters. The topological polar surface area (TPSA) is 3.24 Å². The molecule has 0 saturated heterocycles. The first-order valence-electron chi connectivity index (χ1n) is 25.1. The van der Waals surface area contributed by atoms with Crippen molar-refractivity contribution in [2.45, 2.75) is 82.5 Å². The zero-order chi connectivity index (χ0) is 44.0. The average molecular weight is 854 g/mol. The van der Waals surface area contributed by atoms with E-state index in [0.29, 0.717) is 11.8 Å². The van der Waals surface area contributed by atoms with Crippen molar-refractivity contribution in [2.75, 3.05) is 4.90 Å². The molecule has 1 nitrogen and oxygen atoms in total. The molecule has 2 spiro atoms. The molecule has 0 heterocycles. The molecule has 5 aliphatic carbocycles. The molecule has 0 N–H and O–H groups in total. The van der Waals surface area contributed by atoms with E-state index in [1.807, 2.05) is 0 Å². The van der Waals surface area contributed by atoms with Gasteiger partial charge in [0.25, 0.3) is 0 Å². The van der Waals surface area contributed by atoms with E-state index in [4.69, 9.17) is 0 Å². The van der Waals surface area contributed by atoms with Crippen LogP contribution < -0.4 is 4.90 Å². The maximum atomic E-state index is 2.57. The second-order valence-corrected chi connectivity index (χ2v) is 21.0. The Labute approximate surface area is 392 Å². The van der Waals surface area contributed by atoms with Gasteiger partial charge in [-0.1, -0.05) is 173 Å². The van der Waals surface area contributed by atoms with Gasteiger partial charge in [-0.2, -0.15) is 0 Å². The van der Waals surface area contributed by atoms with Crippen molar-refractivity contribution in [3.05, 3.63) is 210 Å². The van der Waals surface area contributed by atoms with E-state index >= 15 is 0 Å². The molecule has 3 fully saturated rings. The van der Waals surface area contributed by atoms with Gasteiger partial charge >= 0.3 is 0 Å². The standard InChI is InChI=1S/C65H59N/c1-43-36-45-38-44(2)65(52(37-43)39-45)62-21-10-8-19-57(62)59-41-50(27-33-63(59)65)48-24-30-54(31-25-48)66(53-28-22-47(23-29-53)46-14-5-3-6-15-46)55-17-13-16-49(40-55)51-26-32-61-58(42-51)56-18-7-9-20-60(56)64(61)34-11-4-12-35-64/h3,5-10,13-33,40-45,52H,4,11-12,34-39H2,1-2H3/t43-,44+,45-,52-,65-/m1/s1. The van der Waals surface area contributed by atoms with Crippen LogP contribution in [-0.4, -0.2) is 0 Å². The highest BCUT2D eigenvalue weighted by atomic mass is 15.1. The van der Waals surface area contributed by atoms with Gasteiger partial charge in [0.1, 0.15) is 0 Å². The summed E-state index contributed by atoms with van der Waals surface area (Å²) >= 11 is 0. The van der Waals surface area contributed by atoms with Crippen LogP contribution in [0.1, 0.15) is 93.9 Å². The molecule has 1 heteroatoms. The van der Waals surface area contributed by atoms with Gasteiger partial charge in [0.15, 0.2) is 0 Å². The van der Waals surface area contributed by atoms with Gasteiger partial charge in [0.05, 0.1) is 0 Å². The monoisotopic (exact) mass is 853 g/mol. The molecular formula is C65H59N. The van der Waals surface area contributed by atoms with Crippen LogP contribution in [0.25, 0.3) is 55.6 Å². The van der Waals surface area contributed by atoms with Gasteiger partial charge in [0, 0.05) is 27.9 Å². The summed E-state index contributed by atoms with van der Waals surface area (Å²) in [6, 6.07) is 71.9. The van der Waals surface area contributed by atoms with E-state index < -0.39 is 0 Å². The van der Waals surface area contributed by atoms with Crippen LogP contribution >= 0.6 is 0 Å². The number of anilines is 3. The van der Waals surface area contributed by atoms with Crippen molar-refractivity contribution >= 4 is 17.1 Å². The smallest absolute Gasteiger partial charge is 0.0467 e. The lowest BCUT2D eigenvalue weighted by molar-refractivity contribution is 0.0426. The third-order valence-electron chi connectivity index (χ3n) is 17.4. The summed E-state index contributed by atoms with van der Waals surface area (Å²) in [5.74, 6) is 3.03. The van der Waals surface area contributed by atoms with E-state index in [0.717, 1.165) is 28.9 Å². The highest BCUT2D eigenvalue weighted by molar-refractivity contribution is 5.88. The summed E-state index contributed by atoms with van der Waals surface area (Å²) in [6.45, 7) is 5.08. The summed E-state index contributed by atoms with van der Waals surface area (Å²) in [6.07, 6.45) is 11.9.